The maximum Gasteiger partial charge on any atom is 0.293 e. The quantitative estimate of drug-likeness (QED) is 0.0836. The van der Waals surface area contributed by atoms with Crippen LogP contribution in [-0.2, 0) is 39.9 Å². The summed E-state index contributed by atoms with van der Waals surface area (Å²) < 4.78 is 11.2. The Morgan fingerprint density at radius 2 is 1.81 bits per heavy atom. The highest BCUT2D eigenvalue weighted by Gasteiger charge is 2.52. The van der Waals surface area contributed by atoms with Crippen LogP contribution in [0.15, 0.2) is 54.7 Å². The van der Waals surface area contributed by atoms with Gasteiger partial charge in [-0.05, 0) is 129 Å². The number of carbonyl (C=O) groups excluding carboxylic acids is 5. The van der Waals surface area contributed by atoms with Crippen LogP contribution in [-0.4, -0.2) is 132 Å². The van der Waals surface area contributed by atoms with E-state index in [-0.39, 0.29) is 78.0 Å². The lowest BCUT2D eigenvalue weighted by Crippen LogP contribution is -2.63. The number of likely N-dealkylation sites (tertiary alicyclic amines) is 1. The molecular weight excluding hydrogens is 877 g/mol. The molecule has 3 fully saturated rings. The zero-order valence-electron chi connectivity index (χ0n) is 42.2. The number of aromatic hydroxyl groups is 1. The van der Waals surface area contributed by atoms with Crippen molar-refractivity contribution in [3.8, 4) is 16.9 Å². The van der Waals surface area contributed by atoms with Crippen LogP contribution >= 0.6 is 0 Å². The number of fused-ring (bicyclic) bond motifs is 1. The summed E-state index contributed by atoms with van der Waals surface area (Å²) in [5.41, 5.74) is 8.12. The first-order valence-corrected chi connectivity index (χ1v) is 24.8. The molecule has 2 aromatic carbocycles. The van der Waals surface area contributed by atoms with Crippen molar-refractivity contribution in [3.05, 3.63) is 77.1 Å². The summed E-state index contributed by atoms with van der Waals surface area (Å²) in [7, 11) is 3.29. The number of phenolic OH excluding ortho intramolecular Hbond substituents is 1. The van der Waals surface area contributed by atoms with E-state index in [0.29, 0.717) is 57.5 Å². The van der Waals surface area contributed by atoms with Crippen LogP contribution in [0.4, 0.5) is 5.69 Å². The van der Waals surface area contributed by atoms with Gasteiger partial charge in [-0.25, -0.2) is 5.43 Å². The molecule has 3 saturated heterocycles. The SMILES string of the molecule is CCN1c2ccc(-c3cc(O)cc(C[C@H](NC(=O)[C@H](C(C)C)N(C)C(=O)[C@]4(C)CCCN4C(=O)[C@H]4CN4)C(=O)N4CCC[C@@H](C)N4)c3)cc2C(CC(C)(C)COC=O)C1c1cccnc1[C@H](C)OC. The number of pyridine rings is 1. The van der Waals surface area contributed by atoms with Gasteiger partial charge in [-0.3, -0.25) is 34.0 Å². The van der Waals surface area contributed by atoms with E-state index in [1.807, 2.05) is 45.9 Å². The third-order valence-electron chi connectivity index (χ3n) is 14.8. The maximum atomic E-state index is 14.7. The third-order valence-corrected chi connectivity index (χ3v) is 14.8. The number of hydrazine groups is 1. The third kappa shape index (κ3) is 10.9. The normalized spacial score (nSPS) is 23.6. The van der Waals surface area contributed by atoms with Crippen LogP contribution in [0, 0.1) is 11.3 Å². The second-order valence-electron chi connectivity index (χ2n) is 21.0. The number of rotatable bonds is 19. The molecule has 0 bridgehead atoms. The molecule has 2 unspecified atom stereocenters. The van der Waals surface area contributed by atoms with Gasteiger partial charge in [-0.1, -0.05) is 45.9 Å². The lowest BCUT2D eigenvalue weighted by molar-refractivity contribution is -0.154. The average molecular weight is 951 g/mol. The minimum absolute atomic E-state index is 0.00579. The number of ether oxygens (including phenoxy) is 2. The summed E-state index contributed by atoms with van der Waals surface area (Å²) in [6.07, 6.45) is 5.12. The summed E-state index contributed by atoms with van der Waals surface area (Å²) in [5, 5.41) is 19.1. The predicted molar refractivity (Wildman–Crippen MR) is 264 cm³/mol. The number of anilines is 1. The lowest BCUT2D eigenvalue weighted by atomic mass is 9.76. The van der Waals surface area contributed by atoms with Crippen molar-refractivity contribution in [2.24, 2.45) is 11.3 Å². The second-order valence-corrected chi connectivity index (χ2v) is 21.0. The number of aromatic nitrogens is 1. The minimum atomic E-state index is -1.11. The average Bonchev–Trinajstić information content (AvgIpc) is 4.04. The minimum Gasteiger partial charge on any atom is -0.508 e. The Labute approximate surface area is 407 Å². The molecule has 4 amide bonds. The first-order valence-electron chi connectivity index (χ1n) is 24.8. The van der Waals surface area contributed by atoms with Crippen molar-refractivity contribution in [3.63, 3.8) is 0 Å². The van der Waals surface area contributed by atoms with Crippen molar-refractivity contribution < 1.29 is 38.6 Å². The van der Waals surface area contributed by atoms with E-state index in [4.69, 9.17) is 14.5 Å². The molecule has 1 aromatic heterocycles. The van der Waals surface area contributed by atoms with Crippen LogP contribution < -0.4 is 21.0 Å². The molecule has 16 nitrogen and oxygen atoms in total. The standard InChI is InChI=1S/C53H74N8O8/c1-11-59-44-18-17-36(27-40(44)41(28-52(6,7)30-69-31-62)47(59)39-16-12-20-54-45(39)34(5)68-10)37-23-35(24-38(63)26-37)25-42(50(66)61-22-13-15-33(4)57-61)56-48(64)46(32(2)3)58(9)51(67)53(8)19-14-21-60(53)49(65)43-29-55-43/h12,16-18,20,23-24,26-27,31-34,41-43,46-47,55,57,63H,11,13-15,19,21-22,25,28-30H2,1-10H3,(H,56,64)/t33-,34+,41?,42+,43-,46+,47?,53+/m1/s1. The number of benzene rings is 2. The number of likely N-dealkylation sites (N-methyl/N-ethyl adjacent to an activating group) is 2. The number of methoxy groups -OCH3 is 1. The number of nitrogens with one attached hydrogen (secondary N) is 3. The first-order chi connectivity index (χ1) is 32.8. The zero-order valence-corrected chi connectivity index (χ0v) is 42.2. The van der Waals surface area contributed by atoms with E-state index >= 15 is 0 Å². The van der Waals surface area contributed by atoms with Crippen molar-refractivity contribution >= 4 is 35.8 Å². The largest absolute Gasteiger partial charge is 0.508 e. The summed E-state index contributed by atoms with van der Waals surface area (Å²) in [6, 6.07) is 13.4. The Morgan fingerprint density at radius 3 is 2.48 bits per heavy atom. The molecule has 16 heteroatoms. The summed E-state index contributed by atoms with van der Waals surface area (Å²) >= 11 is 0. The van der Waals surface area contributed by atoms with E-state index in [2.05, 4.69) is 59.9 Å². The van der Waals surface area contributed by atoms with Crippen LogP contribution in [0.1, 0.15) is 128 Å². The molecule has 4 aliphatic rings. The molecule has 0 saturated carbocycles. The number of nitrogens with zero attached hydrogens (tertiary/aromatic N) is 5. The molecular formula is C53H74N8O8. The summed E-state index contributed by atoms with van der Waals surface area (Å²) in [5.74, 6) is -1.61. The highest BCUT2D eigenvalue weighted by Crippen LogP contribution is 2.55. The van der Waals surface area contributed by atoms with Gasteiger partial charge < -0.3 is 39.9 Å². The monoisotopic (exact) mass is 951 g/mol. The molecule has 4 aliphatic heterocycles. The Morgan fingerprint density at radius 1 is 1.06 bits per heavy atom. The van der Waals surface area contributed by atoms with E-state index < -0.39 is 23.5 Å². The van der Waals surface area contributed by atoms with Gasteiger partial charge >= 0.3 is 0 Å². The van der Waals surface area contributed by atoms with Crippen molar-refractivity contribution in [2.45, 2.75) is 142 Å². The number of carbonyl (C=O) groups is 5. The van der Waals surface area contributed by atoms with Crippen LogP contribution in [0.3, 0.4) is 0 Å². The van der Waals surface area contributed by atoms with Gasteiger partial charge in [0.05, 0.1) is 30.5 Å². The lowest BCUT2D eigenvalue weighted by Gasteiger charge is -2.40. The molecule has 0 aliphatic carbocycles. The highest BCUT2D eigenvalue weighted by molar-refractivity contribution is 5.97. The highest BCUT2D eigenvalue weighted by atomic mass is 16.5. The molecule has 7 rings (SSSR count). The Kier molecular flexibility index (Phi) is 15.7. The Bertz CT molecular complexity index is 2370. The van der Waals surface area contributed by atoms with E-state index in [1.165, 1.54) is 4.90 Å². The number of hydrogen-bond donors (Lipinski definition) is 4. The van der Waals surface area contributed by atoms with Gasteiger partial charge in [0.1, 0.15) is 23.4 Å². The van der Waals surface area contributed by atoms with Gasteiger partial charge in [0.15, 0.2) is 0 Å². The second kappa shape index (κ2) is 21.2. The summed E-state index contributed by atoms with van der Waals surface area (Å²) in [4.78, 5) is 78.7. The van der Waals surface area contributed by atoms with Crippen LogP contribution in [0.5, 0.6) is 5.75 Å². The van der Waals surface area contributed by atoms with E-state index in [9.17, 15) is 29.1 Å². The molecule has 374 valence electrons. The fraction of sp³-hybridized carbons (Fsp3) is 0.585. The Hall–Kier alpha value is -5.58. The molecule has 8 atom stereocenters. The fourth-order valence-electron chi connectivity index (χ4n) is 11.2. The van der Waals surface area contributed by atoms with Crippen molar-refractivity contribution in [2.75, 3.05) is 51.8 Å². The zero-order chi connectivity index (χ0) is 49.9. The molecule has 0 radical (unpaired) electrons. The molecule has 5 heterocycles. The summed E-state index contributed by atoms with van der Waals surface area (Å²) in [6.45, 7) is 18.8. The smallest absolute Gasteiger partial charge is 0.293 e. The van der Waals surface area contributed by atoms with Gasteiger partial charge in [-0.15, -0.1) is 0 Å². The first kappa shape index (κ1) is 51.3. The molecule has 3 aromatic rings. The molecule has 4 N–H and O–H groups in total. The van der Waals surface area contributed by atoms with E-state index in [1.54, 1.807) is 49.3 Å². The topological polar surface area (TPSA) is 196 Å². The van der Waals surface area contributed by atoms with Gasteiger partial charge in [0, 0.05) is 70.6 Å². The Balaban J connectivity index is 1.22. The van der Waals surface area contributed by atoms with Crippen LogP contribution in [0.25, 0.3) is 11.1 Å². The van der Waals surface area contributed by atoms with E-state index in [0.717, 1.165) is 46.5 Å². The van der Waals surface area contributed by atoms with Gasteiger partial charge in [-0.2, -0.15) is 0 Å². The number of phenols is 1. The number of hydrogen-bond acceptors (Lipinski definition) is 12. The predicted octanol–water partition coefficient (Wildman–Crippen LogP) is 5.79. The van der Waals surface area contributed by atoms with Crippen molar-refractivity contribution in [1.29, 1.82) is 0 Å². The molecule has 69 heavy (non-hydrogen) atoms. The fourth-order valence-corrected chi connectivity index (χ4v) is 11.2. The van der Waals surface area contributed by atoms with Gasteiger partial charge in [0.2, 0.25) is 17.7 Å². The molecule has 0 spiro atoms. The maximum absolute atomic E-state index is 14.7. The van der Waals surface area contributed by atoms with Crippen LogP contribution in [0.2, 0.25) is 0 Å². The van der Waals surface area contributed by atoms with Gasteiger partial charge in [0.25, 0.3) is 12.4 Å². The van der Waals surface area contributed by atoms with Crippen molar-refractivity contribution in [1.82, 2.24) is 35.9 Å². The number of amides is 4.